The van der Waals surface area contributed by atoms with E-state index in [4.69, 9.17) is 30.2 Å². The van der Waals surface area contributed by atoms with Crippen LogP contribution in [0.5, 0.6) is 0 Å². The Hall–Kier alpha value is -2.31. The number of aromatic nitrogens is 2. The molecule has 0 unspecified atom stereocenters. The standard InChI is InChI=1S/C17H14ClN3O2S.ClHO4/c18-16-12-21(15-9-5-2-6-10-15)19-11-17(16)20-24(22,23)13-14-7-3-1-4-8-14;2-1(3,4)5/h1-12H,13H2;(H,2,3,4,5). The van der Waals surface area contributed by atoms with Crippen molar-refractivity contribution < 1.29 is 42.0 Å². The van der Waals surface area contributed by atoms with Gasteiger partial charge in [-0.2, -0.15) is 0 Å². The summed E-state index contributed by atoms with van der Waals surface area (Å²) in [7, 11) is -8.52. The van der Waals surface area contributed by atoms with Gasteiger partial charge in [0, 0.05) is 17.2 Å². The first-order chi connectivity index (χ1) is 13.5. The molecule has 0 saturated carbocycles. The summed E-state index contributed by atoms with van der Waals surface area (Å²) in [5, 5.41) is 4.48. The van der Waals surface area contributed by atoms with Crippen molar-refractivity contribution in [3.63, 3.8) is 0 Å². The van der Waals surface area contributed by atoms with Crippen molar-refractivity contribution in [3.8, 4) is 5.69 Å². The zero-order valence-corrected chi connectivity index (χ0v) is 17.0. The number of para-hydroxylation sites is 1. The van der Waals surface area contributed by atoms with E-state index in [1.54, 1.807) is 35.1 Å². The second-order valence-electron chi connectivity index (χ2n) is 5.54. The average molecular weight is 460 g/mol. The summed E-state index contributed by atoms with van der Waals surface area (Å²) in [4.78, 5) is 0. The fourth-order valence-electron chi connectivity index (χ4n) is 2.19. The van der Waals surface area contributed by atoms with Crippen molar-refractivity contribution in [2.24, 2.45) is 0 Å². The molecule has 12 heteroatoms. The number of rotatable bonds is 5. The number of sulfonamides is 1. The fraction of sp³-hybridized carbons (Fsp3) is 0.0588. The molecule has 0 saturated heterocycles. The Morgan fingerprint density at radius 3 is 2.00 bits per heavy atom. The molecule has 0 spiro atoms. The van der Waals surface area contributed by atoms with E-state index < -0.39 is 20.3 Å². The number of nitrogens with zero attached hydrogens (tertiary/aromatic N) is 2. The Bertz CT molecular complexity index is 1030. The largest absolute Gasteiger partial charge is 0.280 e. The topological polar surface area (TPSA) is 155 Å². The predicted molar refractivity (Wildman–Crippen MR) is 93.5 cm³/mol. The third kappa shape index (κ3) is 8.71. The van der Waals surface area contributed by atoms with E-state index in [0.29, 0.717) is 5.56 Å². The molecule has 2 aromatic carbocycles. The first kappa shape index (κ1) is 23.0. The van der Waals surface area contributed by atoms with Crippen LogP contribution in [0, 0.1) is 10.2 Å². The van der Waals surface area contributed by atoms with E-state index in [-0.39, 0.29) is 16.5 Å². The molecule has 29 heavy (non-hydrogen) atoms. The zero-order valence-electron chi connectivity index (χ0n) is 14.6. The molecule has 9 nitrogen and oxygen atoms in total. The molecule has 0 amide bonds. The first-order valence-corrected chi connectivity index (χ1v) is 11.1. The quantitative estimate of drug-likeness (QED) is 0.441. The van der Waals surface area contributed by atoms with Crippen molar-refractivity contribution in [2.75, 3.05) is 4.72 Å². The van der Waals surface area contributed by atoms with Gasteiger partial charge < -0.3 is 0 Å². The summed E-state index contributed by atoms with van der Waals surface area (Å²) in [6, 6.07) is 18.4. The van der Waals surface area contributed by atoms with Gasteiger partial charge in [0.05, 0.1) is 11.4 Å². The lowest BCUT2D eigenvalue weighted by molar-refractivity contribution is -2.00. The molecule has 0 aliphatic heterocycles. The van der Waals surface area contributed by atoms with Crippen LogP contribution in [0.15, 0.2) is 73.1 Å². The highest BCUT2D eigenvalue weighted by Crippen LogP contribution is 2.20. The van der Waals surface area contributed by atoms with Gasteiger partial charge in [0.25, 0.3) is 0 Å². The Morgan fingerprint density at radius 2 is 1.48 bits per heavy atom. The number of anilines is 1. The van der Waals surface area contributed by atoms with Gasteiger partial charge in [-0.3, -0.25) is 4.72 Å². The van der Waals surface area contributed by atoms with E-state index >= 15 is 0 Å². The first-order valence-electron chi connectivity index (χ1n) is 7.82. The van der Waals surface area contributed by atoms with Crippen LogP contribution in [0.4, 0.5) is 5.69 Å². The number of benzene rings is 2. The second kappa shape index (κ2) is 9.94. The van der Waals surface area contributed by atoms with Crippen molar-refractivity contribution in [1.29, 1.82) is 0 Å². The molecule has 0 radical (unpaired) electrons. The van der Waals surface area contributed by atoms with Crippen molar-refractivity contribution >= 4 is 27.3 Å². The maximum absolute atomic E-state index is 12.3. The molecule has 3 aromatic rings. The summed E-state index contributed by atoms with van der Waals surface area (Å²) in [5.74, 6) is -0.127. The summed E-state index contributed by atoms with van der Waals surface area (Å²) >= 11 is 6.20. The average Bonchev–Trinajstić information content (AvgIpc) is 2.63. The molecular formula is C17H15Cl2N3O6S. The molecule has 1 aromatic heterocycles. The monoisotopic (exact) mass is 459 g/mol. The van der Waals surface area contributed by atoms with Gasteiger partial charge in [0.2, 0.25) is 21.9 Å². The normalized spacial score (nSPS) is 11.3. The highest BCUT2D eigenvalue weighted by atomic mass is 35.7. The highest BCUT2D eigenvalue weighted by Gasteiger charge is 2.17. The highest BCUT2D eigenvalue weighted by molar-refractivity contribution is 7.91. The maximum Gasteiger partial charge on any atom is 0.238 e. The Kier molecular flexibility index (Phi) is 7.88. The van der Waals surface area contributed by atoms with E-state index in [1.165, 1.54) is 6.20 Å². The molecule has 0 bridgehead atoms. The summed E-state index contributed by atoms with van der Waals surface area (Å²) < 4.78 is 62.6. The molecular weight excluding hydrogens is 445 g/mol. The number of hydrogen-bond donors (Lipinski definition) is 1. The lowest BCUT2D eigenvalue weighted by Crippen LogP contribution is -2.68. The van der Waals surface area contributed by atoms with E-state index in [0.717, 1.165) is 5.69 Å². The molecule has 0 aliphatic carbocycles. The van der Waals surface area contributed by atoms with Crippen LogP contribution in [0.25, 0.3) is 5.69 Å². The fourth-order valence-corrected chi connectivity index (χ4v) is 3.63. The van der Waals surface area contributed by atoms with Gasteiger partial charge in [0.15, 0.2) is 0 Å². The molecule has 154 valence electrons. The minimum atomic E-state index is -4.94. The van der Waals surface area contributed by atoms with Crippen LogP contribution in [0.3, 0.4) is 0 Å². The van der Waals surface area contributed by atoms with E-state index in [2.05, 4.69) is 9.82 Å². The Balaban J connectivity index is 0.000000537. The Labute approximate surface area is 174 Å². The molecule has 0 aliphatic rings. The van der Waals surface area contributed by atoms with Crippen LogP contribution < -0.4 is 28.0 Å². The molecule has 1 heterocycles. The molecule has 0 atom stereocenters. The number of hydrogen-bond acceptors (Lipinski definition) is 7. The number of nitrogens with one attached hydrogen (secondary N) is 1. The molecule has 3 rings (SSSR count). The second-order valence-corrected chi connectivity index (χ2v) is 8.43. The van der Waals surface area contributed by atoms with Gasteiger partial charge in [-0.25, -0.2) is 27.1 Å². The van der Waals surface area contributed by atoms with Crippen molar-refractivity contribution in [1.82, 2.24) is 5.10 Å². The molecule has 0 fully saturated rings. The van der Waals surface area contributed by atoms with Gasteiger partial charge in [0.1, 0.15) is 11.2 Å². The third-order valence-electron chi connectivity index (χ3n) is 3.29. The Morgan fingerprint density at radius 1 is 0.966 bits per heavy atom. The van der Waals surface area contributed by atoms with Gasteiger partial charge in [-0.1, -0.05) is 64.8 Å². The van der Waals surface area contributed by atoms with Gasteiger partial charge in [-0.15, -0.1) is 10.2 Å². The lowest BCUT2D eigenvalue weighted by atomic mass is 10.2. The van der Waals surface area contributed by atoms with E-state index in [9.17, 15) is 8.42 Å². The predicted octanol–water partition coefficient (Wildman–Crippen LogP) is -1.80. The lowest BCUT2D eigenvalue weighted by Gasteiger charge is -2.17. The van der Waals surface area contributed by atoms with Gasteiger partial charge in [-0.05, 0) is 5.56 Å². The van der Waals surface area contributed by atoms with Crippen LogP contribution in [0.2, 0.25) is 5.02 Å². The minimum Gasteiger partial charge on any atom is -0.280 e. The minimum absolute atomic E-state index is 0.127. The van der Waals surface area contributed by atoms with Crippen LogP contribution >= 0.6 is 11.6 Å². The van der Waals surface area contributed by atoms with Gasteiger partial charge >= 0.3 is 0 Å². The van der Waals surface area contributed by atoms with E-state index in [1.807, 2.05) is 36.4 Å². The van der Waals surface area contributed by atoms with Crippen LogP contribution in [-0.4, -0.2) is 13.5 Å². The SMILES string of the molecule is O=S(=O)(Cc1ccccc1)Nc1cn[n+](-c2ccccc2)cc1Cl.[O-][Cl+3]([O-])([O-])[O-]. The van der Waals surface area contributed by atoms with Crippen LogP contribution in [-0.2, 0) is 15.8 Å². The molecule has 1 N–H and O–H groups in total. The third-order valence-corrected chi connectivity index (χ3v) is 4.84. The maximum atomic E-state index is 12.3. The number of halogens is 2. The smallest absolute Gasteiger partial charge is 0.238 e. The summed E-state index contributed by atoms with van der Waals surface area (Å²) in [5.41, 5.74) is 1.78. The summed E-state index contributed by atoms with van der Waals surface area (Å²) in [6.45, 7) is 0. The summed E-state index contributed by atoms with van der Waals surface area (Å²) in [6.07, 6.45) is 2.97. The van der Waals surface area contributed by atoms with Crippen molar-refractivity contribution in [2.45, 2.75) is 5.75 Å². The van der Waals surface area contributed by atoms with Crippen LogP contribution in [0.1, 0.15) is 5.56 Å². The van der Waals surface area contributed by atoms with Crippen molar-refractivity contribution in [3.05, 3.63) is 83.6 Å². The zero-order chi connectivity index (χ0) is 21.5.